The van der Waals surface area contributed by atoms with Crippen LogP contribution in [0.5, 0.6) is 0 Å². The Kier molecular flexibility index (Phi) is 4.67. The molecular weight excluding hydrogens is 274 g/mol. The summed E-state index contributed by atoms with van der Waals surface area (Å²) in [6, 6.07) is 0. The molecule has 0 aromatic rings. The summed E-state index contributed by atoms with van der Waals surface area (Å²) in [6.45, 7) is 6.89. The van der Waals surface area contributed by atoms with E-state index in [9.17, 15) is 9.59 Å². The van der Waals surface area contributed by atoms with Crippen molar-refractivity contribution in [2.24, 2.45) is 11.3 Å². The van der Waals surface area contributed by atoms with E-state index in [0.717, 1.165) is 37.1 Å². The molecular formula is C15H25NO3S. The first-order valence-corrected chi connectivity index (χ1v) is 8.54. The lowest BCUT2D eigenvalue weighted by Crippen LogP contribution is -2.48. The number of rotatable bonds is 2. The van der Waals surface area contributed by atoms with Crippen LogP contribution in [0.25, 0.3) is 0 Å². The van der Waals surface area contributed by atoms with Crippen molar-refractivity contribution in [1.82, 2.24) is 4.90 Å². The van der Waals surface area contributed by atoms with Crippen LogP contribution in [0.1, 0.15) is 40.0 Å². The maximum absolute atomic E-state index is 12.0. The molecule has 4 nitrogen and oxygen atoms in total. The van der Waals surface area contributed by atoms with E-state index >= 15 is 0 Å². The highest BCUT2D eigenvalue weighted by Gasteiger charge is 2.43. The molecule has 0 N–H and O–H groups in total. The fraction of sp³-hybridized carbons (Fsp3) is 0.867. The van der Waals surface area contributed by atoms with E-state index in [1.165, 1.54) is 0 Å². The van der Waals surface area contributed by atoms with Crippen LogP contribution >= 0.6 is 11.8 Å². The minimum absolute atomic E-state index is 0.206. The Hall–Kier alpha value is -0.710. The maximum atomic E-state index is 12.0. The first-order valence-electron chi connectivity index (χ1n) is 7.38. The van der Waals surface area contributed by atoms with Gasteiger partial charge < -0.3 is 14.4 Å². The van der Waals surface area contributed by atoms with Gasteiger partial charge in [-0.1, -0.05) is 0 Å². The quantitative estimate of drug-likeness (QED) is 0.736. The third-order valence-corrected chi connectivity index (χ3v) is 5.49. The minimum Gasteiger partial charge on any atom is -0.444 e. The van der Waals surface area contributed by atoms with Crippen LogP contribution in [0, 0.1) is 11.3 Å². The van der Waals surface area contributed by atoms with Gasteiger partial charge >= 0.3 is 6.09 Å². The van der Waals surface area contributed by atoms with Gasteiger partial charge in [0.15, 0.2) is 0 Å². The van der Waals surface area contributed by atoms with E-state index in [1.54, 1.807) is 4.90 Å². The normalized spacial score (nSPS) is 26.4. The SMILES string of the molecule is CC(C)(C)OC(=O)N1CCC(C=O)(C2CCSC2)CC1. The van der Waals surface area contributed by atoms with Crippen molar-refractivity contribution >= 4 is 24.1 Å². The molecule has 0 spiro atoms. The summed E-state index contributed by atoms with van der Waals surface area (Å²) in [6.07, 6.45) is 3.60. The number of ether oxygens (including phenoxy) is 1. The first-order chi connectivity index (χ1) is 9.36. The topological polar surface area (TPSA) is 46.6 Å². The van der Waals surface area contributed by atoms with Gasteiger partial charge in [0.05, 0.1) is 0 Å². The molecule has 2 fully saturated rings. The number of hydrogen-bond donors (Lipinski definition) is 0. The summed E-state index contributed by atoms with van der Waals surface area (Å²) < 4.78 is 5.40. The van der Waals surface area contributed by atoms with Gasteiger partial charge in [0.1, 0.15) is 11.9 Å². The molecule has 0 bridgehead atoms. The largest absolute Gasteiger partial charge is 0.444 e. The standard InChI is InChI=1S/C15H25NO3S/c1-14(2,3)19-13(18)16-7-5-15(11-17,6-8-16)12-4-9-20-10-12/h11-12H,4-10H2,1-3H3. The monoisotopic (exact) mass is 299 g/mol. The number of carbonyl (C=O) groups is 2. The molecule has 20 heavy (non-hydrogen) atoms. The van der Waals surface area contributed by atoms with Gasteiger partial charge in [-0.05, 0) is 57.5 Å². The lowest BCUT2D eigenvalue weighted by Gasteiger charge is -2.41. The third-order valence-electron chi connectivity index (χ3n) is 4.32. The Morgan fingerprint density at radius 3 is 2.45 bits per heavy atom. The molecule has 5 heteroatoms. The Labute approximate surface area is 125 Å². The fourth-order valence-corrected chi connectivity index (χ4v) is 4.44. The lowest BCUT2D eigenvalue weighted by atomic mass is 9.69. The summed E-state index contributed by atoms with van der Waals surface area (Å²) in [5.41, 5.74) is -0.666. The third kappa shape index (κ3) is 3.48. The van der Waals surface area contributed by atoms with E-state index in [4.69, 9.17) is 4.74 Å². The second-order valence-electron chi connectivity index (χ2n) is 6.88. The van der Waals surface area contributed by atoms with E-state index < -0.39 is 5.60 Å². The van der Waals surface area contributed by atoms with Crippen LogP contribution in [-0.4, -0.2) is 47.5 Å². The van der Waals surface area contributed by atoms with Crippen molar-refractivity contribution in [1.29, 1.82) is 0 Å². The van der Waals surface area contributed by atoms with Gasteiger partial charge in [-0.15, -0.1) is 0 Å². The van der Waals surface area contributed by atoms with Crippen molar-refractivity contribution in [3.8, 4) is 0 Å². The predicted octanol–water partition coefficient (Wildman–Crippen LogP) is 2.96. The van der Waals surface area contributed by atoms with Gasteiger partial charge in [-0.3, -0.25) is 0 Å². The molecule has 1 atom stereocenters. The van der Waals surface area contributed by atoms with Crippen LogP contribution < -0.4 is 0 Å². The van der Waals surface area contributed by atoms with Crippen molar-refractivity contribution in [3.63, 3.8) is 0 Å². The number of carbonyl (C=O) groups excluding carboxylic acids is 2. The van der Waals surface area contributed by atoms with Crippen LogP contribution in [0.3, 0.4) is 0 Å². The van der Waals surface area contributed by atoms with Crippen LogP contribution in [0.15, 0.2) is 0 Å². The van der Waals surface area contributed by atoms with Crippen LogP contribution in [0.2, 0.25) is 0 Å². The van der Waals surface area contributed by atoms with Gasteiger partial charge in [0.2, 0.25) is 0 Å². The smallest absolute Gasteiger partial charge is 0.410 e. The number of likely N-dealkylation sites (tertiary alicyclic amines) is 1. The summed E-state index contributed by atoms with van der Waals surface area (Å²) in [7, 11) is 0. The zero-order valence-corrected chi connectivity index (χ0v) is 13.5. The molecule has 1 unspecified atom stereocenters. The predicted molar refractivity (Wildman–Crippen MR) is 81.0 cm³/mol. The molecule has 2 rings (SSSR count). The fourth-order valence-electron chi connectivity index (χ4n) is 3.04. The Morgan fingerprint density at radius 1 is 1.35 bits per heavy atom. The molecule has 2 aliphatic rings. The van der Waals surface area contributed by atoms with E-state index in [2.05, 4.69) is 0 Å². The maximum Gasteiger partial charge on any atom is 0.410 e. The Balaban J connectivity index is 1.93. The highest BCUT2D eigenvalue weighted by Crippen LogP contribution is 2.44. The van der Waals surface area contributed by atoms with Gasteiger partial charge in [0, 0.05) is 18.5 Å². The van der Waals surface area contributed by atoms with Gasteiger partial charge in [0.25, 0.3) is 0 Å². The van der Waals surface area contributed by atoms with Crippen molar-refractivity contribution < 1.29 is 14.3 Å². The number of piperidine rings is 1. The van der Waals surface area contributed by atoms with E-state index in [1.807, 2.05) is 32.5 Å². The molecule has 0 aliphatic carbocycles. The highest BCUT2D eigenvalue weighted by atomic mass is 32.2. The molecule has 0 radical (unpaired) electrons. The number of thioether (sulfide) groups is 1. The zero-order chi connectivity index (χ0) is 14.8. The summed E-state index contributed by atoms with van der Waals surface area (Å²) in [4.78, 5) is 25.4. The Bertz CT molecular complexity index is 364. The minimum atomic E-state index is -0.460. The molecule has 2 heterocycles. The van der Waals surface area contributed by atoms with E-state index in [0.29, 0.717) is 19.0 Å². The summed E-state index contributed by atoms with van der Waals surface area (Å²) >= 11 is 1.94. The Morgan fingerprint density at radius 2 is 2.00 bits per heavy atom. The molecule has 2 aliphatic heterocycles. The molecule has 0 aromatic carbocycles. The number of amides is 1. The lowest BCUT2D eigenvalue weighted by molar-refractivity contribution is -0.121. The van der Waals surface area contributed by atoms with Crippen molar-refractivity contribution in [2.75, 3.05) is 24.6 Å². The molecule has 0 aromatic heterocycles. The van der Waals surface area contributed by atoms with Gasteiger partial charge in [-0.2, -0.15) is 11.8 Å². The van der Waals surface area contributed by atoms with Crippen LogP contribution in [0.4, 0.5) is 4.79 Å². The molecule has 0 saturated carbocycles. The number of nitrogens with zero attached hydrogens (tertiary/aromatic N) is 1. The van der Waals surface area contributed by atoms with Crippen molar-refractivity contribution in [2.45, 2.75) is 45.6 Å². The average molecular weight is 299 g/mol. The van der Waals surface area contributed by atoms with E-state index in [-0.39, 0.29) is 11.5 Å². The second-order valence-corrected chi connectivity index (χ2v) is 8.03. The summed E-state index contributed by atoms with van der Waals surface area (Å²) in [5, 5.41) is 0. The van der Waals surface area contributed by atoms with Crippen molar-refractivity contribution in [3.05, 3.63) is 0 Å². The molecule has 1 amide bonds. The number of aldehydes is 1. The first kappa shape index (κ1) is 15.7. The highest BCUT2D eigenvalue weighted by molar-refractivity contribution is 7.99. The average Bonchev–Trinajstić information content (AvgIpc) is 2.91. The molecule has 2 saturated heterocycles. The zero-order valence-electron chi connectivity index (χ0n) is 12.7. The van der Waals surface area contributed by atoms with Crippen LogP contribution in [-0.2, 0) is 9.53 Å². The second kappa shape index (κ2) is 5.96. The summed E-state index contributed by atoms with van der Waals surface area (Å²) in [5.74, 6) is 2.74. The number of hydrogen-bond acceptors (Lipinski definition) is 4. The molecule has 114 valence electrons. The van der Waals surface area contributed by atoms with Gasteiger partial charge in [-0.25, -0.2) is 4.79 Å².